The number of hydrogen-bond acceptors (Lipinski definition) is 3. The third kappa shape index (κ3) is 3.86. The highest BCUT2D eigenvalue weighted by atomic mass is 35.5. The summed E-state index contributed by atoms with van der Waals surface area (Å²) in [6.45, 7) is 0. The number of hydrogen-bond donors (Lipinski definition) is 0. The maximum absolute atomic E-state index is 13.3. The van der Waals surface area contributed by atoms with E-state index in [1.54, 1.807) is 18.2 Å². The van der Waals surface area contributed by atoms with Crippen LogP contribution in [0.4, 0.5) is 26.3 Å². The molecule has 4 rings (SSSR count). The summed E-state index contributed by atoms with van der Waals surface area (Å²) in [4.78, 5) is 8.49. The fourth-order valence-corrected chi connectivity index (χ4v) is 3.36. The van der Waals surface area contributed by atoms with E-state index in [-0.39, 0.29) is 22.8 Å². The van der Waals surface area contributed by atoms with E-state index >= 15 is 0 Å². The Hall–Kier alpha value is -3.38. The molecular weight excluding hydrogens is 444 g/mol. The molecular formula is C21H8ClF6N3. The topological polar surface area (TPSA) is 49.6 Å². The molecule has 0 N–H and O–H groups in total. The average Bonchev–Trinajstić information content (AvgIpc) is 2.71. The van der Waals surface area contributed by atoms with Crippen LogP contribution in [0.1, 0.15) is 16.7 Å². The van der Waals surface area contributed by atoms with Crippen molar-refractivity contribution in [3.8, 4) is 17.3 Å². The number of fused-ring (bicyclic) bond motifs is 3. The molecule has 31 heavy (non-hydrogen) atoms. The van der Waals surface area contributed by atoms with Crippen molar-refractivity contribution in [2.75, 3.05) is 0 Å². The molecule has 0 radical (unpaired) electrons. The van der Waals surface area contributed by atoms with Gasteiger partial charge in [-0.3, -0.25) is 4.98 Å². The zero-order chi connectivity index (χ0) is 22.6. The van der Waals surface area contributed by atoms with Crippen LogP contribution in [0.5, 0.6) is 0 Å². The molecule has 2 heterocycles. The fraction of sp³-hybridized carbons (Fsp3) is 0.0952. The van der Waals surface area contributed by atoms with Gasteiger partial charge in [0.15, 0.2) is 0 Å². The maximum Gasteiger partial charge on any atom is 0.416 e. The number of benzene rings is 2. The third-order valence-electron chi connectivity index (χ3n) is 4.59. The molecule has 0 amide bonds. The molecule has 0 bridgehead atoms. The maximum atomic E-state index is 13.3. The number of nitrogens with zero attached hydrogens (tertiary/aromatic N) is 3. The predicted molar refractivity (Wildman–Crippen MR) is 102 cm³/mol. The lowest BCUT2D eigenvalue weighted by atomic mass is 9.98. The first-order valence-corrected chi connectivity index (χ1v) is 8.94. The number of pyridine rings is 2. The molecule has 10 heteroatoms. The van der Waals surface area contributed by atoms with Gasteiger partial charge in [0.05, 0.1) is 33.4 Å². The number of alkyl halides is 6. The van der Waals surface area contributed by atoms with Crippen molar-refractivity contribution in [2.24, 2.45) is 0 Å². The smallest absolute Gasteiger partial charge is 0.255 e. The van der Waals surface area contributed by atoms with Gasteiger partial charge in [-0.1, -0.05) is 11.6 Å². The van der Waals surface area contributed by atoms with E-state index in [2.05, 4.69) is 9.97 Å². The van der Waals surface area contributed by atoms with Crippen LogP contribution < -0.4 is 0 Å². The zero-order valence-corrected chi connectivity index (χ0v) is 15.9. The molecule has 0 saturated heterocycles. The minimum atomic E-state index is -5.02. The summed E-state index contributed by atoms with van der Waals surface area (Å²) in [6, 6.07) is 8.92. The van der Waals surface area contributed by atoms with Gasteiger partial charge in [-0.05, 0) is 42.5 Å². The van der Waals surface area contributed by atoms with Gasteiger partial charge < -0.3 is 0 Å². The van der Waals surface area contributed by atoms with Crippen LogP contribution in [0.15, 0.2) is 48.7 Å². The molecule has 0 atom stereocenters. The summed E-state index contributed by atoms with van der Waals surface area (Å²) >= 11 is 6.02. The lowest BCUT2D eigenvalue weighted by Gasteiger charge is -2.15. The third-order valence-corrected chi connectivity index (χ3v) is 4.83. The van der Waals surface area contributed by atoms with Gasteiger partial charge >= 0.3 is 12.4 Å². The monoisotopic (exact) mass is 451 g/mol. The largest absolute Gasteiger partial charge is 0.416 e. The minimum Gasteiger partial charge on any atom is -0.255 e. The second kappa shape index (κ2) is 7.10. The molecule has 4 aromatic rings. The molecule has 0 aliphatic rings. The molecule has 156 valence electrons. The van der Waals surface area contributed by atoms with Crippen LogP contribution in [0.25, 0.3) is 33.1 Å². The van der Waals surface area contributed by atoms with E-state index in [9.17, 15) is 31.6 Å². The SMILES string of the molecule is N#Cc1cc2cnc3ccc(Cl)cc3c2nc1-c1cc(C(F)(F)F)cc(C(F)(F)F)c1. The Balaban J connectivity index is 2.08. The second-order valence-electron chi connectivity index (χ2n) is 6.65. The molecule has 0 unspecified atom stereocenters. The first kappa shape index (κ1) is 20.9. The molecule has 0 saturated carbocycles. The lowest BCUT2D eigenvalue weighted by Crippen LogP contribution is -2.11. The number of nitriles is 1. The summed E-state index contributed by atoms with van der Waals surface area (Å²) in [5.74, 6) is 0. The Morgan fingerprint density at radius 1 is 0.871 bits per heavy atom. The predicted octanol–water partition coefficient (Wildman–Crippen LogP) is 7.01. The van der Waals surface area contributed by atoms with Crippen molar-refractivity contribution in [3.63, 3.8) is 0 Å². The van der Waals surface area contributed by atoms with Crippen LogP contribution in [0, 0.1) is 11.3 Å². The Labute approximate surface area is 175 Å². The average molecular weight is 452 g/mol. The van der Waals surface area contributed by atoms with Crippen LogP contribution in [-0.2, 0) is 12.4 Å². The first-order chi connectivity index (χ1) is 14.5. The Bertz CT molecular complexity index is 1350. The van der Waals surface area contributed by atoms with Crippen molar-refractivity contribution in [3.05, 3.63) is 70.4 Å². The van der Waals surface area contributed by atoms with E-state index < -0.39 is 29.0 Å². The summed E-state index contributed by atoms with van der Waals surface area (Å²) in [6.07, 6.45) is -8.63. The normalized spacial score (nSPS) is 12.3. The van der Waals surface area contributed by atoms with E-state index in [4.69, 9.17) is 11.6 Å². The van der Waals surface area contributed by atoms with Gasteiger partial charge in [-0.25, -0.2) is 4.98 Å². The standard InChI is InChI=1S/C21H8ClF6N3/c22-15-1-2-17-16(7-15)19-12(9-30-17)3-11(8-29)18(31-19)10-4-13(20(23,24)25)6-14(5-10)21(26,27)28/h1-7,9H. The van der Waals surface area contributed by atoms with Crippen LogP contribution >= 0.6 is 11.6 Å². The van der Waals surface area contributed by atoms with E-state index in [0.717, 1.165) is 0 Å². The molecule has 0 spiro atoms. The van der Waals surface area contributed by atoms with Crippen molar-refractivity contribution in [2.45, 2.75) is 12.4 Å². The van der Waals surface area contributed by atoms with Gasteiger partial charge in [0.2, 0.25) is 0 Å². The van der Waals surface area contributed by atoms with Crippen molar-refractivity contribution < 1.29 is 26.3 Å². The van der Waals surface area contributed by atoms with E-state index in [1.807, 2.05) is 0 Å². The summed E-state index contributed by atoms with van der Waals surface area (Å²) in [5.41, 5.74) is -3.25. The Kier molecular flexibility index (Phi) is 4.78. The van der Waals surface area contributed by atoms with E-state index in [1.165, 1.54) is 18.3 Å². The zero-order valence-electron chi connectivity index (χ0n) is 15.1. The highest BCUT2D eigenvalue weighted by Gasteiger charge is 2.37. The number of halogens is 7. The molecule has 0 fully saturated rings. The van der Waals surface area contributed by atoms with Crippen LogP contribution in [0.3, 0.4) is 0 Å². The molecule has 0 aliphatic carbocycles. The Morgan fingerprint density at radius 2 is 1.52 bits per heavy atom. The number of rotatable bonds is 1. The fourth-order valence-electron chi connectivity index (χ4n) is 3.19. The molecule has 0 aliphatic heterocycles. The van der Waals surface area contributed by atoms with E-state index in [0.29, 0.717) is 33.4 Å². The van der Waals surface area contributed by atoms with Crippen molar-refractivity contribution in [1.82, 2.24) is 9.97 Å². The summed E-state index contributed by atoms with van der Waals surface area (Å²) in [5, 5.41) is 10.7. The quantitative estimate of drug-likeness (QED) is 0.231. The van der Waals surface area contributed by atoms with Gasteiger partial charge in [-0.2, -0.15) is 31.6 Å². The molecule has 2 aromatic carbocycles. The first-order valence-electron chi connectivity index (χ1n) is 8.56. The second-order valence-corrected chi connectivity index (χ2v) is 7.08. The van der Waals surface area contributed by atoms with Crippen LogP contribution in [-0.4, -0.2) is 9.97 Å². The summed E-state index contributed by atoms with van der Waals surface area (Å²) < 4.78 is 79.6. The van der Waals surface area contributed by atoms with Crippen LogP contribution in [0.2, 0.25) is 5.02 Å². The highest BCUT2D eigenvalue weighted by molar-refractivity contribution is 6.31. The van der Waals surface area contributed by atoms with Gasteiger partial charge in [-0.15, -0.1) is 0 Å². The highest BCUT2D eigenvalue weighted by Crippen LogP contribution is 2.39. The molecule has 2 aromatic heterocycles. The van der Waals surface area contributed by atoms with Gasteiger partial charge in [0.1, 0.15) is 6.07 Å². The van der Waals surface area contributed by atoms with Crippen molar-refractivity contribution in [1.29, 1.82) is 5.26 Å². The Morgan fingerprint density at radius 3 is 2.10 bits per heavy atom. The van der Waals surface area contributed by atoms with Gasteiger partial charge in [0.25, 0.3) is 0 Å². The summed E-state index contributed by atoms with van der Waals surface area (Å²) in [7, 11) is 0. The number of aromatic nitrogens is 2. The van der Waals surface area contributed by atoms with Crippen molar-refractivity contribution >= 4 is 33.4 Å². The minimum absolute atomic E-state index is 0.0235. The molecule has 3 nitrogen and oxygen atoms in total. The van der Waals surface area contributed by atoms with Gasteiger partial charge in [0, 0.05) is 27.6 Å². The lowest BCUT2D eigenvalue weighted by molar-refractivity contribution is -0.143.